The number of nitrogens with zero attached hydrogens (tertiary/aromatic N) is 6. The summed E-state index contributed by atoms with van der Waals surface area (Å²) in [7, 11) is 1.30. The summed E-state index contributed by atoms with van der Waals surface area (Å²) in [6.07, 6.45) is 3.49. The SMILES string of the molecule is CN=C(NCc1ccccc1S(=O)(=O)N(C)C)N1CCN(c2ncccn2)CC1.I. The lowest BCUT2D eigenvalue weighted by Crippen LogP contribution is -2.52. The van der Waals surface area contributed by atoms with Crippen LogP contribution in [0.2, 0.25) is 0 Å². The van der Waals surface area contributed by atoms with Crippen molar-refractivity contribution in [2.24, 2.45) is 4.99 Å². The van der Waals surface area contributed by atoms with Gasteiger partial charge in [-0.15, -0.1) is 24.0 Å². The predicted molar refractivity (Wildman–Crippen MR) is 129 cm³/mol. The van der Waals surface area contributed by atoms with Crippen molar-refractivity contribution in [2.45, 2.75) is 11.4 Å². The van der Waals surface area contributed by atoms with Gasteiger partial charge in [-0.25, -0.2) is 22.7 Å². The van der Waals surface area contributed by atoms with Gasteiger partial charge in [-0.1, -0.05) is 18.2 Å². The number of aliphatic imine (C=N–C) groups is 1. The number of piperazine rings is 1. The fourth-order valence-electron chi connectivity index (χ4n) is 3.18. The maximum Gasteiger partial charge on any atom is 0.242 e. The summed E-state index contributed by atoms with van der Waals surface area (Å²) in [5.74, 6) is 1.48. The van der Waals surface area contributed by atoms with Gasteiger partial charge < -0.3 is 15.1 Å². The summed E-state index contributed by atoms with van der Waals surface area (Å²) in [6.45, 7) is 3.50. The Morgan fingerprint density at radius 3 is 2.33 bits per heavy atom. The summed E-state index contributed by atoms with van der Waals surface area (Å²) < 4.78 is 26.4. The van der Waals surface area contributed by atoms with E-state index in [4.69, 9.17) is 0 Å². The molecule has 9 nitrogen and oxygen atoms in total. The molecule has 1 aromatic carbocycles. The van der Waals surface area contributed by atoms with Crippen molar-refractivity contribution in [2.75, 3.05) is 52.2 Å². The third-order valence-electron chi connectivity index (χ3n) is 4.79. The zero-order valence-corrected chi connectivity index (χ0v) is 20.5. The number of anilines is 1. The van der Waals surface area contributed by atoms with Crippen LogP contribution in [0.1, 0.15) is 5.56 Å². The summed E-state index contributed by atoms with van der Waals surface area (Å²) >= 11 is 0. The minimum atomic E-state index is -3.51. The van der Waals surface area contributed by atoms with Crippen molar-refractivity contribution in [1.29, 1.82) is 0 Å². The van der Waals surface area contributed by atoms with E-state index in [9.17, 15) is 8.42 Å². The number of rotatable bonds is 5. The van der Waals surface area contributed by atoms with Gasteiger partial charge in [-0.2, -0.15) is 0 Å². The molecule has 30 heavy (non-hydrogen) atoms. The topological polar surface area (TPSA) is 94.0 Å². The number of benzene rings is 1. The number of hydrogen-bond donors (Lipinski definition) is 1. The standard InChI is InChI=1S/C19H27N7O2S.HI/c1-20-18(25-11-13-26(14-12-25)19-21-9-6-10-22-19)23-15-16-7-4-5-8-17(16)29(27,28)24(2)3;/h4-10H,11-15H2,1-3H3,(H,20,23);1H. The Bertz CT molecular complexity index is 946. The Morgan fingerprint density at radius 2 is 1.73 bits per heavy atom. The van der Waals surface area contributed by atoms with Gasteiger partial charge in [0.25, 0.3) is 0 Å². The van der Waals surface area contributed by atoms with Gasteiger partial charge in [0.2, 0.25) is 16.0 Å². The van der Waals surface area contributed by atoms with E-state index in [2.05, 4.69) is 30.1 Å². The average molecular weight is 545 g/mol. The van der Waals surface area contributed by atoms with Crippen LogP contribution in [0.3, 0.4) is 0 Å². The van der Waals surface area contributed by atoms with Crippen molar-refractivity contribution >= 4 is 45.9 Å². The fourth-order valence-corrected chi connectivity index (χ4v) is 4.29. The summed E-state index contributed by atoms with van der Waals surface area (Å²) in [6, 6.07) is 8.83. The molecule has 0 aliphatic carbocycles. The fraction of sp³-hybridized carbons (Fsp3) is 0.421. The molecule has 1 fully saturated rings. The predicted octanol–water partition coefficient (Wildman–Crippen LogP) is 1.24. The van der Waals surface area contributed by atoms with Crippen LogP contribution in [0, 0.1) is 0 Å². The van der Waals surface area contributed by atoms with Crippen LogP contribution in [-0.2, 0) is 16.6 Å². The maximum atomic E-state index is 12.6. The molecule has 0 unspecified atom stereocenters. The van der Waals surface area contributed by atoms with E-state index < -0.39 is 10.0 Å². The third kappa shape index (κ3) is 5.58. The van der Waals surface area contributed by atoms with Crippen molar-refractivity contribution in [3.8, 4) is 0 Å². The first kappa shape index (κ1) is 24.3. The third-order valence-corrected chi connectivity index (χ3v) is 6.71. The number of nitrogens with one attached hydrogen (secondary N) is 1. The Morgan fingerprint density at radius 1 is 1.10 bits per heavy atom. The van der Waals surface area contributed by atoms with Crippen LogP contribution in [0.15, 0.2) is 52.6 Å². The normalized spacial score (nSPS) is 15.1. The lowest BCUT2D eigenvalue weighted by molar-refractivity contribution is 0.370. The number of hydrogen-bond acceptors (Lipinski definition) is 6. The van der Waals surface area contributed by atoms with E-state index in [-0.39, 0.29) is 24.0 Å². The van der Waals surface area contributed by atoms with E-state index in [0.717, 1.165) is 38.1 Å². The molecule has 1 N–H and O–H groups in total. The van der Waals surface area contributed by atoms with Gasteiger partial charge in [0, 0.05) is 66.3 Å². The summed E-state index contributed by atoms with van der Waals surface area (Å²) in [5, 5.41) is 3.30. The molecule has 0 bridgehead atoms. The van der Waals surface area contributed by atoms with E-state index in [1.54, 1.807) is 37.6 Å². The van der Waals surface area contributed by atoms with Gasteiger partial charge in [-0.05, 0) is 17.7 Å². The molecule has 0 spiro atoms. The van der Waals surface area contributed by atoms with Crippen molar-refractivity contribution in [1.82, 2.24) is 24.5 Å². The van der Waals surface area contributed by atoms with Crippen molar-refractivity contribution in [3.05, 3.63) is 48.3 Å². The van der Waals surface area contributed by atoms with E-state index in [0.29, 0.717) is 17.0 Å². The molecule has 164 valence electrons. The zero-order valence-electron chi connectivity index (χ0n) is 17.4. The van der Waals surface area contributed by atoms with Crippen LogP contribution in [0.4, 0.5) is 5.95 Å². The highest BCUT2D eigenvalue weighted by Crippen LogP contribution is 2.18. The van der Waals surface area contributed by atoms with E-state index in [1.807, 2.05) is 12.1 Å². The Kier molecular flexibility index (Phi) is 8.79. The Labute approximate surface area is 195 Å². The van der Waals surface area contributed by atoms with Crippen LogP contribution in [0.5, 0.6) is 0 Å². The largest absolute Gasteiger partial charge is 0.352 e. The summed E-state index contributed by atoms with van der Waals surface area (Å²) in [4.78, 5) is 17.6. The van der Waals surface area contributed by atoms with Gasteiger partial charge in [-0.3, -0.25) is 4.99 Å². The average Bonchev–Trinajstić information content (AvgIpc) is 2.75. The molecule has 0 atom stereocenters. The number of sulfonamides is 1. The van der Waals surface area contributed by atoms with Gasteiger partial charge >= 0.3 is 0 Å². The monoisotopic (exact) mass is 545 g/mol. The Balaban J connectivity index is 0.00000320. The molecule has 1 aliphatic heterocycles. The molecule has 0 radical (unpaired) electrons. The minimum absolute atomic E-state index is 0. The van der Waals surface area contributed by atoms with Crippen LogP contribution in [0.25, 0.3) is 0 Å². The molecule has 2 heterocycles. The first-order chi connectivity index (χ1) is 13.9. The van der Waals surface area contributed by atoms with E-state index >= 15 is 0 Å². The second kappa shape index (κ2) is 10.9. The molecule has 3 rings (SSSR count). The quantitative estimate of drug-likeness (QED) is 0.344. The van der Waals surface area contributed by atoms with Gasteiger partial charge in [0.1, 0.15) is 0 Å². The summed E-state index contributed by atoms with van der Waals surface area (Å²) in [5.41, 5.74) is 0.707. The lowest BCUT2D eigenvalue weighted by atomic mass is 10.2. The highest BCUT2D eigenvalue weighted by atomic mass is 127. The number of aromatic nitrogens is 2. The molecular weight excluding hydrogens is 517 g/mol. The van der Waals surface area contributed by atoms with Gasteiger partial charge in [0.15, 0.2) is 5.96 Å². The minimum Gasteiger partial charge on any atom is -0.352 e. The van der Waals surface area contributed by atoms with Gasteiger partial charge in [0.05, 0.1) is 4.90 Å². The Hall–Kier alpha value is -1.99. The smallest absolute Gasteiger partial charge is 0.242 e. The molecule has 0 amide bonds. The number of halogens is 1. The molecule has 1 aromatic heterocycles. The van der Waals surface area contributed by atoms with Crippen LogP contribution >= 0.6 is 24.0 Å². The number of guanidine groups is 1. The second-order valence-electron chi connectivity index (χ2n) is 6.82. The molecule has 1 saturated heterocycles. The lowest BCUT2D eigenvalue weighted by Gasteiger charge is -2.36. The highest BCUT2D eigenvalue weighted by Gasteiger charge is 2.23. The molecule has 1 aliphatic rings. The highest BCUT2D eigenvalue weighted by molar-refractivity contribution is 14.0. The first-order valence-electron chi connectivity index (χ1n) is 9.41. The molecule has 2 aromatic rings. The molecule has 11 heteroatoms. The second-order valence-corrected chi connectivity index (χ2v) is 8.94. The van der Waals surface area contributed by atoms with Crippen molar-refractivity contribution in [3.63, 3.8) is 0 Å². The van der Waals surface area contributed by atoms with E-state index in [1.165, 1.54) is 18.4 Å². The maximum absolute atomic E-state index is 12.6. The molecular formula is C19H28IN7O2S. The van der Waals surface area contributed by atoms with Crippen LogP contribution in [-0.4, -0.2) is 80.9 Å². The van der Waals surface area contributed by atoms with Crippen molar-refractivity contribution < 1.29 is 8.42 Å². The zero-order chi connectivity index (χ0) is 20.9. The van der Waals surface area contributed by atoms with Crippen LogP contribution < -0.4 is 10.2 Å². The molecule has 0 saturated carbocycles. The first-order valence-corrected chi connectivity index (χ1v) is 10.9.